The average Bonchev–Trinajstić information content (AvgIpc) is 2.19. The zero-order chi connectivity index (χ0) is 10.6. The molecule has 0 aromatic carbocycles. The van der Waals surface area contributed by atoms with Gasteiger partial charge in [-0.2, -0.15) is 0 Å². The molecule has 14 heavy (non-hydrogen) atoms. The SMILES string of the molecule is CCCC(CN)N1CCC(C)C(C)C1. The minimum Gasteiger partial charge on any atom is -0.329 e. The van der Waals surface area contributed by atoms with Crippen molar-refractivity contribution >= 4 is 0 Å². The van der Waals surface area contributed by atoms with E-state index < -0.39 is 0 Å². The molecule has 1 fully saturated rings. The highest BCUT2D eigenvalue weighted by atomic mass is 15.2. The van der Waals surface area contributed by atoms with Gasteiger partial charge in [0.1, 0.15) is 0 Å². The lowest BCUT2D eigenvalue weighted by Crippen LogP contribution is -2.47. The molecule has 1 saturated heterocycles. The van der Waals surface area contributed by atoms with Crippen LogP contribution in [-0.4, -0.2) is 30.6 Å². The van der Waals surface area contributed by atoms with E-state index in [4.69, 9.17) is 5.73 Å². The predicted octanol–water partition coefficient (Wildman–Crippen LogP) is 2.09. The van der Waals surface area contributed by atoms with Gasteiger partial charge in [0.2, 0.25) is 0 Å². The number of hydrogen-bond acceptors (Lipinski definition) is 2. The predicted molar refractivity (Wildman–Crippen MR) is 62.3 cm³/mol. The van der Waals surface area contributed by atoms with E-state index in [0.717, 1.165) is 18.4 Å². The number of hydrogen-bond donors (Lipinski definition) is 1. The Morgan fingerprint density at radius 2 is 2.07 bits per heavy atom. The van der Waals surface area contributed by atoms with Gasteiger partial charge < -0.3 is 5.73 Å². The summed E-state index contributed by atoms with van der Waals surface area (Å²) in [5.74, 6) is 1.74. The Bertz CT molecular complexity index is 158. The summed E-state index contributed by atoms with van der Waals surface area (Å²) in [7, 11) is 0. The van der Waals surface area contributed by atoms with Crippen molar-refractivity contribution in [3.05, 3.63) is 0 Å². The Morgan fingerprint density at radius 3 is 2.57 bits per heavy atom. The van der Waals surface area contributed by atoms with E-state index in [9.17, 15) is 0 Å². The van der Waals surface area contributed by atoms with Crippen LogP contribution in [0.3, 0.4) is 0 Å². The molecule has 0 bridgehead atoms. The molecule has 1 rings (SSSR count). The molecule has 3 atom stereocenters. The number of nitrogens with two attached hydrogens (primary N) is 1. The lowest BCUT2D eigenvalue weighted by molar-refractivity contribution is 0.0939. The first-order valence-corrected chi connectivity index (χ1v) is 6.13. The molecule has 3 unspecified atom stereocenters. The summed E-state index contributed by atoms with van der Waals surface area (Å²) >= 11 is 0. The van der Waals surface area contributed by atoms with Gasteiger partial charge in [-0.15, -0.1) is 0 Å². The van der Waals surface area contributed by atoms with Crippen LogP contribution in [0.15, 0.2) is 0 Å². The molecule has 0 aromatic rings. The van der Waals surface area contributed by atoms with Gasteiger partial charge in [0.15, 0.2) is 0 Å². The maximum absolute atomic E-state index is 5.83. The van der Waals surface area contributed by atoms with Crippen LogP contribution in [-0.2, 0) is 0 Å². The van der Waals surface area contributed by atoms with E-state index in [1.54, 1.807) is 0 Å². The van der Waals surface area contributed by atoms with Crippen LogP contribution in [0.2, 0.25) is 0 Å². The Hall–Kier alpha value is -0.0800. The van der Waals surface area contributed by atoms with Gasteiger partial charge in [-0.1, -0.05) is 27.2 Å². The van der Waals surface area contributed by atoms with E-state index in [-0.39, 0.29) is 0 Å². The molecule has 1 aliphatic rings. The van der Waals surface area contributed by atoms with Crippen molar-refractivity contribution in [2.45, 2.75) is 46.1 Å². The Morgan fingerprint density at radius 1 is 1.36 bits per heavy atom. The van der Waals surface area contributed by atoms with Gasteiger partial charge in [-0.3, -0.25) is 4.90 Å². The highest BCUT2D eigenvalue weighted by Gasteiger charge is 2.26. The second-order valence-electron chi connectivity index (χ2n) is 4.92. The van der Waals surface area contributed by atoms with Gasteiger partial charge in [0, 0.05) is 19.1 Å². The minimum atomic E-state index is 0.634. The number of piperidine rings is 1. The quantitative estimate of drug-likeness (QED) is 0.749. The van der Waals surface area contributed by atoms with Crippen molar-refractivity contribution in [3.63, 3.8) is 0 Å². The second-order valence-corrected chi connectivity index (χ2v) is 4.92. The first kappa shape index (κ1) is 12.0. The normalized spacial score (nSPS) is 31.7. The first-order chi connectivity index (χ1) is 6.69. The molecule has 0 spiro atoms. The molecular weight excluding hydrogens is 172 g/mol. The van der Waals surface area contributed by atoms with Crippen LogP contribution in [0.1, 0.15) is 40.0 Å². The minimum absolute atomic E-state index is 0.634. The summed E-state index contributed by atoms with van der Waals surface area (Å²) in [5, 5.41) is 0. The summed E-state index contributed by atoms with van der Waals surface area (Å²) in [6.07, 6.45) is 3.86. The smallest absolute Gasteiger partial charge is 0.0218 e. The van der Waals surface area contributed by atoms with Gasteiger partial charge in [-0.25, -0.2) is 0 Å². The highest BCUT2D eigenvalue weighted by molar-refractivity contribution is 4.80. The van der Waals surface area contributed by atoms with E-state index >= 15 is 0 Å². The zero-order valence-electron chi connectivity index (χ0n) is 10.00. The topological polar surface area (TPSA) is 29.3 Å². The summed E-state index contributed by atoms with van der Waals surface area (Å²) in [6.45, 7) is 10.3. The van der Waals surface area contributed by atoms with Crippen LogP contribution in [0, 0.1) is 11.8 Å². The standard InChI is InChI=1S/C12H26N2/c1-4-5-12(8-13)14-7-6-10(2)11(3)9-14/h10-12H,4-9,13H2,1-3H3. The Labute approximate surface area is 88.8 Å². The maximum atomic E-state index is 5.83. The van der Waals surface area contributed by atoms with Crippen LogP contribution in [0.5, 0.6) is 0 Å². The van der Waals surface area contributed by atoms with E-state index in [0.29, 0.717) is 6.04 Å². The molecule has 0 radical (unpaired) electrons. The number of nitrogens with zero attached hydrogens (tertiary/aromatic N) is 1. The summed E-state index contributed by atoms with van der Waals surface area (Å²) < 4.78 is 0. The van der Waals surface area contributed by atoms with Crippen molar-refractivity contribution in [2.24, 2.45) is 17.6 Å². The Kier molecular flexibility index (Phi) is 4.90. The van der Waals surface area contributed by atoms with Gasteiger partial charge in [-0.05, 0) is 31.2 Å². The molecule has 0 aromatic heterocycles. The molecule has 1 heterocycles. The molecule has 2 heteroatoms. The van der Waals surface area contributed by atoms with E-state index in [2.05, 4.69) is 25.7 Å². The van der Waals surface area contributed by atoms with Crippen molar-refractivity contribution in [3.8, 4) is 0 Å². The van der Waals surface area contributed by atoms with Crippen LogP contribution >= 0.6 is 0 Å². The zero-order valence-corrected chi connectivity index (χ0v) is 10.00. The second kappa shape index (κ2) is 5.72. The number of rotatable bonds is 4. The lowest BCUT2D eigenvalue weighted by Gasteiger charge is -2.39. The molecule has 0 aliphatic carbocycles. The fraction of sp³-hybridized carbons (Fsp3) is 1.00. The molecular formula is C12H26N2. The summed E-state index contributed by atoms with van der Waals surface area (Å²) in [4.78, 5) is 2.61. The third-order valence-electron chi connectivity index (χ3n) is 3.78. The van der Waals surface area contributed by atoms with Crippen molar-refractivity contribution < 1.29 is 0 Å². The van der Waals surface area contributed by atoms with E-state index in [1.807, 2.05) is 0 Å². The fourth-order valence-electron chi connectivity index (χ4n) is 2.41. The molecule has 0 amide bonds. The largest absolute Gasteiger partial charge is 0.329 e. The van der Waals surface area contributed by atoms with E-state index in [1.165, 1.54) is 32.4 Å². The van der Waals surface area contributed by atoms with Crippen LogP contribution < -0.4 is 5.73 Å². The molecule has 2 nitrogen and oxygen atoms in total. The highest BCUT2D eigenvalue weighted by Crippen LogP contribution is 2.24. The third-order valence-corrected chi connectivity index (χ3v) is 3.78. The lowest BCUT2D eigenvalue weighted by atomic mass is 9.87. The van der Waals surface area contributed by atoms with Gasteiger partial charge in [0.25, 0.3) is 0 Å². The van der Waals surface area contributed by atoms with Crippen LogP contribution in [0.25, 0.3) is 0 Å². The molecule has 1 aliphatic heterocycles. The van der Waals surface area contributed by atoms with Crippen molar-refractivity contribution in [2.75, 3.05) is 19.6 Å². The monoisotopic (exact) mass is 198 g/mol. The third kappa shape index (κ3) is 2.96. The molecule has 84 valence electrons. The summed E-state index contributed by atoms with van der Waals surface area (Å²) in [6, 6.07) is 0.634. The van der Waals surface area contributed by atoms with Gasteiger partial charge >= 0.3 is 0 Å². The average molecular weight is 198 g/mol. The molecule has 0 saturated carbocycles. The maximum Gasteiger partial charge on any atom is 0.0218 e. The summed E-state index contributed by atoms with van der Waals surface area (Å²) in [5.41, 5.74) is 5.83. The van der Waals surface area contributed by atoms with Gasteiger partial charge in [0.05, 0.1) is 0 Å². The van der Waals surface area contributed by atoms with Crippen LogP contribution in [0.4, 0.5) is 0 Å². The fourth-order valence-corrected chi connectivity index (χ4v) is 2.41. The number of likely N-dealkylation sites (tertiary alicyclic amines) is 1. The Balaban J connectivity index is 2.43. The molecule has 2 N–H and O–H groups in total. The first-order valence-electron chi connectivity index (χ1n) is 6.13. The van der Waals surface area contributed by atoms with Crippen molar-refractivity contribution in [1.29, 1.82) is 0 Å². The van der Waals surface area contributed by atoms with Crippen molar-refractivity contribution in [1.82, 2.24) is 4.90 Å².